The third kappa shape index (κ3) is 3.09. The molecule has 1 aliphatic rings. The molecule has 2 nitrogen and oxygen atoms in total. The van der Waals surface area contributed by atoms with Crippen molar-refractivity contribution < 1.29 is 18.3 Å². The molecular weight excluding hydrogens is 279 g/mol. The average molecular weight is 301 g/mol. The Labute approximate surface area is 123 Å². The topological polar surface area (TPSA) is 46.2 Å². The minimum Gasteiger partial charge on any atom is -0.388 e. The van der Waals surface area contributed by atoms with Crippen molar-refractivity contribution in [1.82, 2.24) is 0 Å². The van der Waals surface area contributed by atoms with Crippen molar-refractivity contribution in [3.8, 4) is 0 Å². The van der Waals surface area contributed by atoms with Gasteiger partial charge in [0.1, 0.15) is 0 Å². The van der Waals surface area contributed by atoms with Crippen molar-refractivity contribution >= 4 is 0 Å². The van der Waals surface area contributed by atoms with Crippen LogP contribution in [0.1, 0.15) is 50.7 Å². The van der Waals surface area contributed by atoms with Crippen molar-refractivity contribution in [3.05, 3.63) is 35.1 Å². The first-order chi connectivity index (χ1) is 9.93. The van der Waals surface area contributed by atoms with Crippen LogP contribution in [0.5, 0.6) is 0 Å². The molecule has 21 heavy (non-hydrogen) atoms. The molecule has 0 radical (unpaired) electrons. The zero-order valence-corrected chi connectivity index (χ0v) is 12.2. The van der Waals surface area contributed by atoms with Crippen LogP contribution in [-0.4, -0.2) is 11.7 Å². The highest BCUT2D eigenvalue weighted by Gasteiger charge is 2.41. The van der Waals surface area contributed by atoms with Crippen molar-refractivity contribution in [2.45, 2.75) is 45.1 Å². The molecule has 1 saturated carbocycles. The van der Waals surface area contributed by atoms with Gasteiger partial charge in [0.05, 0.1) is 6.10 Å². The fourth-order valence-electron chi connectivity index (χ4n) is 3.34. The Morgan fingerprint density at radius 1 is 1.24 bits per heavy atom. The van der Waals surface area contributed by atoms with E-state index >= 15 is 0 Å². The Kier molecular flexibility index (Phi) is 4.94. The molecule has 5 heteroatoms. The molecule has 1 aliphatic carbocycles. The van der Waals surface area contributed by atoms with Gasteiger partial charge in [0.2, 0.25) is 0 Å². The number of hydrogen-bond acceptors (Lipinski definition) is 2. The van der Waals surface area contributed by atoms with Gasteiger partial charge in [-0.05, 0) is 49.3 Å². The van der Waals surface area contributed by atoms with Crippen molar-refractivity contribution in [3.63, 3.8) is 0 Å². The van der Waals surface area contributed by atoms with Crippen LogP contribution in [0.25, 0.3) is 0 Å². The number of benzene rings is 1. The smallest absolute Gasteiger partial charge is 0.194 e. The summed E-state index contributed by atoms with van der Waals surface area (Å²) in [6.07, 6.45) is 3.31. The second-order valence-corrected chi connectivity index (χ2v) is 6.12. The van der Waals surface area contributed by atoms with Gasteiger partial charge >= 0.3 is 0 Å². The van der Waals surface area contributed by atoms with E-state index in [1.54, 1.807) is 0 Å². The highest BCUT2D eigenvalue weighted by atomic mass is 19.2. The summed E-state index contributed by atoms with van der Waals surface area (Å²) in [5.74, 6) is -3.46. The molecule has 3 N–H and O–H groups in total. The Morgan fingerprint density at radius 3 is 2.19 bits per heavy atom. The number of hydrogen-bond donors (Lipinski definition) is 2. The summed E-state index contributed by atoms with van der Waals surface area (Å²) >= 11 is 0. The fourth-order valence-corrected chi connectivity index (χ4v) is 3.34. The summed E-state index contributed by atoms with van der Waals surface area (Å²) in [5, 5.41) is 10.6. The molecule has 0 amide bonds. The summed E-state index contributed by atoms with van der Waals surface area (Å²) in [6, 6.07) is 1.73. The quantitative estimate of drug-likeness (QED) is 0.833. The molecule has 118 valence electrons. The molecule has 0 aliphatic heterocycles. The maximum Gasteiger partial charge on any atom is 0.194 e. The highest BCUT2D eigenvalue weighted by Crippen LogP contribution is 2.47. The fraction of sp³-hybridized carbons (Fsp3) is 0.625. The van der Waals surface area contributed by atoms with Gasteiger partial charge in [0.15, 0.2) is 17.5 Å². The predicted molar refractivity (Wildman–Crippen MR) is 75.0 cm³/mol. The summed E-state index contributed by atoms with van der Waals surface area (Å²) in [7, 11) is 0. The third-order valence-electron chi connectivity index (χ3n) is 4.99. The third-order valence-corrected chi connectivity index (χ3v) is 4.99. The Morgan fingerprint density at radius 2 is 1.76 bits per heavy atom. The second-order valence-electron chi connectivity index (χ2n) is 6.12. The summed E-state index contributed by atoms with van der Waals surface area (Å²) in [4.78, 5) is 0. The van der Waals surface area contributed by atoms with E-state index in [-0.39, 0.29) is 12.1 Å². The maximum atomic E-state index is 13.4. The van der Waals surface area contributed by atoms with Crippen molar-refractivity contribution in [1.29, 1.82) is 0 Å². The zero-order chi connectivity index (χ0) is 15.6. The lowest BCUT2D eigenvalue weighted by Crippen LogP contribution is -2.40. The van der Waals surface area contributed by atoms with Gasteiger partial charge < -0.3 is 10.8 Å². The van der Waals surface area contributed by atoms with Gasteiger partial charge in [-0.15, -0.1) is 0 Å². The van der Waals surface area contributed by atoms with Gasteiger partial charge in [0, 0.05) is 12.0 Å². The minimum absolute atomic E-state index is 0.0619. The molecule has 1 unspecified atom stereocenters. The van der Waals surface area contributed by atoms with E-state index in [1.807, 2.05) is 0 Å². The van der Waals surface area contributed by atoms with Crippen LogP contribution < -0.4 is 5.73 Å². The first-order valence-electron chi connectivity index (χ1n) is 7.46. The van der Waals surface area contributed by atoms with E-state index in [2.05, 4.69) is 6.92 Å². The predicted octanol–water partition coefficient (Wildman–Crippen LogP) is 3.68. The number of rotatable bonds is 4. The van der Waals surface area contributed by atoms with Gasteiger partial charge in [-0.25, -0.2) is 13.2 Å². The first kappa shape index (κ1) is 16.3. The molecular formula is C16H22F3NO. The molecule has 0 aromatic heterocycles. The minimum atomic E-state index is -1.51. The Bertz CT molecular complexity index is 475. The van der Waals surface area contributed by atoms with E-state index in [0.717, 1.165) is 31.4 Å². The normalized spacial score (nSPS) is 27.6. The number of aliphatic hydroxyl groups is 1. The van der Waals surface area contributed by atoms with E-state index in [0.29, 0.717) is 18.8 Å². The van der Waals surface area contributed by atoms with E-state index in [9.17, 15) is 18.3 Å². The van der Waals surface area contributed by atoms with Gasteiger partial charge in [-0.2, -0.15) is 0 Å². The lowest BCUT2D eigenvalue weighted by atomic mass is 9.65. The largest absolute Gasteiger partial charge is 0.388 e. The van der Waals surface area contributed by atoms with Crippen LogP contribution >= 0.6 is 0 Å². The maximum absolute atomic E-state index is 13.4. The second kappa shape index (κ2) is 6.36. The first-order valence-corrected chi connectivity index (χ1v) is 7.46. The van der Waals surface area contributed by atoms with Crippen LogP contribution in [0.15, 0.2) is 12.1 Å². The Hall–Kier alpha value is -1.07. The standard InChI is InChI=1S/C16H22F3NO/c1-2-10-3-5-16(9-20,6-4-10)15(21)11-7-12(17)14(19)13(18)8-11/h7-8,10,15,21H,2-6,9,20H2,1H3. The van der Waals surface area contributed by atoms with Crippen molar-refractivity contribution in [2.75, 3.05) is 6.54 Å². The number of nitrogens with two attached hydrogens (primary N) is 1. The monoisotopic (exact) mass is 301 g/mol. The lowest BCUT2D eigenvalue weighted by Gasteiger charge is -2.43. The molecule has 0 bridgehead atoms. The molecule has 0 heterocycles. The number of aliphatic hydroxyl groups excluding tert-OH is 1. The van der Waals surface area contributed by atoms with Crippen LogP contribution in [0.2, 0.25) is 0 Å². The molecule has 1 fully saturated rings. The highest BCUT2D eigenvalue weighted by molar-refractivity contribution is 5.24. The van der Waals surface area contributed by atoms with Crippen LogP contribution in [0.4, 0.5) is 13.2 Å². The van der Waals surface area contributed by atoms with E-state index < -0.39 is 29.0 Å². The Balaban J connectivity index is 2.26. The number of halogens is 3. The molecule has 1 aromatic rings. The zero-order valence-electron chi connectivity index (χ0n) is 12.2. The molecule has 0 saturated heterocycles. The van der Waals surface area contributed by atoms with Gasteiger partial charge in [0.25, 0.3) is 0 Å². The molecule has 0 spiro atoms. The van der Waals surface area contributed by atoms with Gasteiger partial charge in [-0.1, -0.05) is 13.3 Å². The molecule has 2 rings (SSSR count). The van der Waals surface area contributed by atoms with Gasteiger partial charge in [-0.3, -0.25) is 0 Å². The van der Waals surface area contributed by atoms with E-state index in [1.165, 1.54) is 0 Å². The van der Waals surface area contributed by atoms with E-state index in [4.69, 9.17) is 5.73 Å². The van der Waals surface area contributed by atoms with Crippen LogP contribution in [0, 0.1) is 28.8 Å². The van der Waals surface area contributed by atoms with Crippen LogP contribution in [0.3, 0.4) is 0 Å². The summed E-state index contributed by atoms with van der Waals surface area (Å²) < 4.78 is 39.7. The SMILES string of the molecule is CCC1CCC(CN)(C(O)c2cc(F)c(F)c(F)c2)CC1. The lowest BCUT2D eigenvalue weighted by molar-refractivity contribution is -0.0107. The summed E-state index contributed by atoms with van der Waals surface area (Å²) in [6.45, 7) is 2.37. The van der Waals surface area contributed by atoms with Crippen LogP contribution in [-0.2, 0) is 0 Å². The van der Waals surface area contributed by atoms with Crippen molar-refractivity contribution in [2.24, 2.45) is 17.1 Å². The molecule has 1 atom stereocenters. The summed E-state index contributed by atoms with van der Waals surface area (Å²) in [5.41, 5.74) is 5.33. The molecule has 1 aromatic carbocycles. The average Bonchev–Trinajstić information content (AvgIpc) is 2.51.